The van der Waals surface area contributed by atoms with Crippen LogP contribution in [-0.2, 0) is 13.1 Å². The molecule has 0 saturated heterocycles. The summed E-state index contributed by atoms with van der Waals surface area (Å²) >= 11 is 0. The number of aromatic amines is 1. The molecule has 2 N–H and O–H groups in total. The van der Waals surface area contributed by atoms with E-state index in [0.29, 0.717) is 29.6 Å². The monoisotopic (exact) mass is 391 g/mol. The van der Waals surface area contributed by atoms with E-state index in [-0.39, 0.29) is 11.5 Å². The van der Waals surface area contributed by atoms with Crippen LogP contribution in [0.4, 0.5) is 0 Å². The van der Waals surface area contributed by atoms with E-state index in [1.807, 2.05) is 24.3 Å². The Morgan fingerprint density at radius 1 is 1.17 bits per heavy atom. The molecule has 2 aromatic heterocycles. The van der Waals surface area contributed by atoms with E-state index in [2.05, 4.69) is 19.9 Å². The summed E-state index contributed by atoms with van der Waals surface area (Å²) < 4.78 is 3.18. The van der Waals surface area contributed by atoms with Crippen molar-refractivity contribution in [3.05, 3.63) is 75.2 Å². The number of nitrogens with zero attached hydrogens (tertiary/aromatic N) is 3. The van der Waals surface area contributed by atoms with Crippen LogP contribution in [0.1, 0.15) is 23.7 Å². The number of hydrogen-bond donors (Lipinski definition) is 2. The summed E-state index contributed by atoms with van der Waals surface area (Å²) in [5.74, 6) is -0.247. The second-order valence-electron chi connectivity index (χ2n) is 6.78. The quantitative estimate of drug-likeness (QED) is 0.490. The van der Waals surface area contributed by atoms with Gasteiger partial charge in [0.15, 0.2) is 0 Å². The Morgan fingerprint density at radius 2 is 2.00 bits per heavy atom. The number of hydrogen-bond acceptors (Lipinski definition) is 4. The number of aryl methyl sites for hydroxylation is 1. The molecule has 29 heavy (non-hydrogen) atoms. The van der Waals surface area contributed by atoms with Crippen LogP contribution in [0.15, 0.2) is 58.4 Å². The highest BCUT2D eigenvalue weighted by atomic mass is 16.2. The summed E-state index contributed by atoms with van der Waals surface area (Å²) in [6, 6.07) is 12.6. The topological polar surface area (TPSA) is 102 Å². The van der Waals surface area contributed by atoms with Gasteiger partial charge in [0.05, 0.1) is 28.3 Å². The second kappa shape index (κ2) is 7.75. The number of para-hydroxylation sites is 2. The third-order valence-electron chi connectivity index (χ3n) is 4.95. The molecular formula is C21H21N5O3. The molecule has 0 aliphatic rings. The maximum Gasteiger partial charge on any atom is 0.328 e. The molecule has 0 aliphatic carbocycles. The minimum atomic E-state index is -0.477. The number of rotatable bonds is 6. The fraction of sp³-hybridized carbons (Fsp3) is 0.238. The Labute approximate surface area is 165 Å². The van der Waals surface area contributed by atoms with Crippen molar-refractivity contribution < 1.29 is 4.79 Å². The summed E-state index contributed by atoms with van der Waals surface area (Å²) in [6.45, 7) is 3.26. The third-order valence-corrected chi connectivity index (χ3v) is 4.95. The molecule has 0 atom stereocenters. The first-order valence-corrected chi connectivity index (χ1v) is 9.53. The summed E-state index contributed by atoms with van der Waals surface area (Å²) in [6.07, 6.45) is 2.55. The van der Waals surface area contributed by atoms with E-state index in [4.69, 9.17) is 0 Å². The first-order chi connectivity index (χ1) is 14.1. The van der Waals surface area contributed by atoms with E-state index in [9.17, 15) is 14.4 Å². The molecule has 2 aromatic carbocycles. The zero-order valence-electron chi connectivity index (χ0n) is 16.0. The minimum Gasteiger partial charge on any atom is -0.352 e. The average molecular weight is 391 g/mol. The number of fused-ring (bicyclic) bond motifs is 2. The lowest BCUT2D eigenvalue weighted by Crippen LogP contribution is -2.34. The van der Waals surface area contributed by atoms with Crippen LogP contribution in [-0.4, -0.2) is 31.6 Å². The molecule has 8 nitrogen and oxygen atoms in total. The molecule has 4 aromatic rings. The van der Waals surface area contributed by atoms with Crippen LogP contribution in [0.5, 0.6) is 0 Å². The highest BCUT2D eigenvalue weighted by Crippen LogP contribution is 2.12. The van der Waals surface area contributed by atoms with Gasteiger partial charge in [-0.1, -0.05) is 12.1 Å². The van der Waals surface area contributed by atoms with Gasteiger partial charge in [-0.15, -0.1) is 0 Å². The molecule has 0 spiro atoms. The summed E-state index contributed by atoms with van der Waals surface area (Å²) in [4.78, 5) is 43.8. The molecule has 0 saturated carbocycles. The molecule has 1 amide bonds. The van der Waals surface area contributed by atoms with Crippen molar-refractivity contribution in [1.29, 1.82) is 0 Å². The molecule has 8 heteroatoms. The number of carbonyl (C=O) groups is 1. The number of imidazole rings is 1. The maximum atomic E-state index is 12.4. The molecule has 2 heterocycles. The van der Waals surface area contributed by atoms with Crippen molar-refractivity contribution in [2.45, 2.75) is 26.4 Å². The molecule has 0 fully saturated rings. The lowest BCUT2D eigenvalue weighted by molar-refractivity contribution is 0.0953. The number of aromatic nitrogens is 4. The van der Waals surface area contributed by atoms with Gasteiger partial charge in [-0.05, 0) is 43.7 Å². The van der Waals surface area contributed by atoms with E-state index < -0.39 is 5.69 Å². The Kier molecular flexibility index (Phi) is 4.99. The highest BCUT2D eigenvalue weighted by Gasteiger charge is 2.10. The average Bonchev–Trinajstić information content (AvgIpc) is 3.14. The number of carbonyl (C=O) groups excluding carboxylic acids is 1. The van der Waals surface area contributed by atoms with Gasteiger partial charge in [-0.2, -0.15) is 0 Å². The SMILES string of the molecule is CCn1c(=O)[nH]c2cc(C(=O)NCCCn3cnc4ccccc43)ccc2c1=O. The Bertz CT molecular complexity index is 1320. The number of amides is 1. The maximum absolute atomic E-state index is 12.4. The van der Waals surface area contributed by atoms with Crippen LogP contribution in [0.25, 0.3) is 21.9 Å². The lowest BCUT2D eigenvalue weighted by Gasteiger charge is -2.08. The van der Waals surface area contributed by atoms with Gasteiger partial charge in [0.25, 0.3) is 11.5 Å². The fourth-order valence-electron chi connectivity index (χ4n) is 3.42. The van der Waals surface area contributed by atoms with Crippen LogP contribution in [0.3, 0.4) is 0 Å². The summed E-state index contributed by atoms with van der Waals surface area (Å²) in [5, 5.41) is 3.26. The number of nitrogens with one attached hydrogen (secondary N) is 2. The van der Waals surface area contributed by atoms with Crippen LogP contribution < -0.4 is 16.6 Å². The minimum absolute atomic E-state index is 0.247. The summed E-state index contributed by atoms with van der Waals surface area (Å²) in [5.41, 5.74) is 1.94. The zero-order valence-corrected chi connectivity index (χ0v) is 16.0. The van der Waals surface area contributed by atoms with E-state index in [0.717, 1.165) is 28.6 Å². The second-order valence-corrected chi connectivity index (χ2v) is 6.78. The van der Waals surface area contributed by atoms with Crippen LogP contribution in [0, 0.1) is 0 Å². The zero-order chi connectivity index (χ0) is 20.4. The number of benzene rings is 2. The molecule has 0 aliphatic heterocycles. The van der Waals surface area contributed by atoms with Crippen molar-refractivity contribution in [3.63, 3.8) is 0 Å². The molecule has 148 valence electrons. The van der Waals surface area contributed by atoms with Crippen molar-refractivity contribution in [2.75, 3.05) is 6.54 Å². The molecule has 0 bridgehead atoms. The van der Waals surface area contributed by atoms with Gasteiger partial charge >= 0.3 is 5.69 Å². The van der Waals surface area contributed by atoms with E-state index in [1.54, 1.807) is 25.4 Å². The summed E-state index contributed by atoms with van der Waals surface area (Å²) in [7, 11) is 0. The van der Waals surface area contributed by atoms with Crippen LogP contribution in [0.2, 0.25) is 0 Å². The van der Waals surface area contributed by atoms with Gasteiger partial charge < -0.3 is 14.9 Å². The van der Waals surface area contributed by atoms with Gasteiger partial charge in [0.2, 0.25) is 0 Å². The fourth-order valence-corrected chi connectivity index (χ4v) is 3.42. The Hall–Kier alpha value is -3.68. The van der Waals surface area contributed by atoms with Crippen molar-refractivity contribution in [1.82, 2.24) is 24.4 Å². The number of H-pyrrole nitrogens is 1. The van der Waals surface area contributed by atoms with Gasteiger partial charge in [-0.25, -0.2) is 9.78 Å². The first kappa shape index (κ1) is 18.7. The molecule has 0 unspecified atom stereocenters. The predicted octanol–water partition coefficient (Wildman–Crippen LogP) is 1.88. The largest absolute Gasteiger partial charge is 0.352 e. The van der Waals surface area contributed by atoms with Crippen molar-refractivity contribution in [2.24, 2.45) is 0 Å². The van der Waals surface area contributed by atoms with Crippen molar-refractivity contribution >= 4 is 27.8 Å². The molecule has 0 radical (unpaired) electrons. The van der Waals surface area contributed by atoms with E-state index in [1.165, 1.54) is 6.07 Å². The third kappa shape index (κ3) is 3.56. The first-order valence-electron chi connectivity index (χ1n) is 9.53. The van der Waals surface area contributed by atoms with Gasteiger partial charge in [0, 0.05) is 25.2 Å². The smallest absolute Gasteiger partial charge is 0.328 e. The predicted molar refractivity (Wildman–Crippen MR) is 111 cm³/mol. The lowest BCUT2D eigenvalue weighted by atomic mass is 10.1. The standard InChI is InChI=1S/C21H21N5O3/c1-2-26-20(28)15-9-8-14(12-17(15)24-21(26)29)19(27)22-10-5-11-25-13-23-16-6-3-4-7-18(16)25/h3-4,6-9,12-13H,2,5,10-11H2,1H3,(H,22,27)(H,24,29). The van der Waals surface area contributed by atoms with Crippen molar-refractivity contribution in [3.8, 4) is 0 Å². The van der Waals surface area contributed by atoms with Gasteiger partial charge in [-0.3, -0.25) is 14.2 Å². The van der Waals surface area contributed by atoms with Crippen LogP contribution >= 0.6 is 0 Å². The Morgan fingerprint density at radius 3 is 2.83 bits per heavy atom. The normalized spacial score (nSPS) is 11.2. The Balaban J connectivity index is 1.42. The molecule has 4 rings (SSSR count). The van der Waals surface area contributed by atoms with Gasteiger partial charge in [0.1, 0.15) is 0 Å². The molecular weight excluding hydrogens is 370 g/mol. The van der Waals surface area contributed by atoms with E-state index >= 15 is 0 Å². The highest BCUT2D eigenvalue weighted by molar-refractivity contribution is 5.97.